The van der Waals surface area contributed by atoms with E-state index in [2.05, 4.69) is 6.58 Å². The third kappa shape index (κ3) is 6.07. The van der Waals surface area contributed by atoms with Crippen LogP contribution in [0.25, 0.3) is 5.57 Å². The van der Waals surface area contributed by atoms with Crippen LogP contribution in [-0.2, 0) is 9.30 Å². The van der Waals surface area contributed by atoms with Gasteiger partial charge in [0.1, 0.15) is 30.6 Å². The summed E-state index contributed by atoms with van der Waals surface area (Å²) in [5.41, 5.74) is 2.75. The van der Waals surface area contributed by atoms with Gasteiger partial charge in [-0.3, -0.25) is 0 Å². The van der Waals surface area contributed by atoms with Crippen LogP contribution in [0.15, 0.2) is 60.4 Å². The first-order valence-electron chi connectivity index (χ1n) is 9.98. The highest BCUT2D eigenvalue weighted by Crippen LogP contribution is 2.40. The first kappa shape index (κ1) is 26.3. The Morgan fingerprint density at radius 3 is 2.41 bits per heavy atom. The highest BCUT2D eigenvalue weighted by Gasteiger charge is 2.21. The van der Waals surface area contributed by atoms with Gasteiger partial charge in [-0.15, -0.1) is 0 Å². The molecule has 0 saturated heterocycles. The van der Waals surface area contributed by atoms with E-state index in [1.165, 1.54) is 12.1 Å². The number of rotatable bonds is 8. The zero-order chi connectivity index (χ0) is 24.2. The van der Waals surface area contributed by atoms with E-state index in [1.807, 2.05) is 44.2 Å². The van der Waals surface area contributed by atoms with Crippen LogP contribution >= 0.6 is 30.3 Å². The van der Waals surface area contributed by atoms with Gasteiger partial charge in [-0.2, -0.15) is 0 Å². The Morgan fingerprint density at radius 2 is 1.88 bits per heavy atom. The van der Waals surface area contributed by atoms with Crippen molar-refractivity contribution < 1.29 is 18.4 Å². The minimum atomic E-state index is -2.49. The van der Waals surface area contributed by atoms with Crippen molar-refractivity contribution in [2.75, 3.05) is 20.4 Å². The lowest BCUT2D eigenvalue weighted by molar-refractivity contribution is 0.140. The van der Waals surface area contributed by atoms with Crippen molar-refractivity contribution in [1.29, 1.82) is 0 Å². The summed E-state index contributed by atoms with van der Waals surface area (Å²) in [6.45, 7) is 12.9. The number of halogens is 3. The Kier molecular flexibility index (Phi) is 8.82. The molecule has 1 unspecified atom stereocenters. The SMILES string of the molecule is C=C(C)/C(=C\C(=C/C)c1ccc(P(C)(C)=O)c(OC)c1)OC(C)c1c(Cl)ccc(F)c1Cl. The Morgan fingerprint density at radius 1 is 1.22 bits per heavy atom. The Labute approximate surface area is 199 Å². The van der Waals surface area contributed by atoms with E-state index < -0.39 is 19.1 Å². The van der Waals surface area contributed by atoms with Gasteiger partial charge in [-0.1, -0.05) is 41.9 Å². The fourth-order valence-corrected chi connectivity index (χ4v) is 5.00. The van der Waals surface area contributed by atoms with Crippen molar-refractivity contribution >= 4 is 41.2 Å². The molecule has 0 aliphatic rings. The molecule has 0 spiro atoms. The fourth-order valence-electron chi connectivity index (χ4n) is 3.20. The van der Waals surface area contributed by atoms with Gasteiger partial charge in [-0.25, -0.2) is 4.39 Å². The molecule has 0 bridgehead atoms. The molecule has 2 aromatic carbocycles. The number of allylic oxidation sites excluding steroid dienone is 4. The average Bonchev–Trinajstić information content (AvgIpc) is 2.72. The standard InChI is InChI=1S/C25H28Cl2FO3P/c1-8-17(18-9-12-23(32(6,7)29)22(14-18)30-5)13-21(15(2)3)31-16(4)24-19(26)10-11-20(28)25(24)27/h8-14,16H,2H2,1,3-7H3/b17-8+,21-13+. The summed E-state index contributed by atoms with van der Waals surface area (Å²) in [6, 6.07) is 8.23. The van der Waals surface area contributed by atoms with E-state index in [-0.39, 0.29) is 5.02 Å². The lowest BCUT2D eigenvalue weighted by atomic mass is 10.0. The molecule has 0 saturated carbocycles. The van der Waals surface area contributed by atoms with Crippen molar-refractivity contribution in [2.24, 2.45) is 0 Å². The van der Waals surface area contributed by atoms with Gasteiger partial charge in [-0.05, 0) is 81.2 Å². The third-order valence-corrected chi connectivity index (χ3v) is 7.14. The molecule has 32 heavy (non-hydrogen) atoms. The molecule has 0 heterocycles. The number of hydrogen-bond donors (Lipinski definition) is 0. The predicted octanol–water partition coefficient (Wildman–Crippen LogP) is 8.03. The molecule has 0 N–H and O–H groups in total. The highest BCUT2D eigenvalue weighted by molar-refractivity contribution is 7.70. The molecule has 2 aromatic rings. The first-order chi connectivity index (χ1) is 14.9. The summed E-state index contributed by atoms with van der Waals surface area (Å²) in [5.74, 6) is 0.502. The summed E-state index contributed by atoms with van der Waals surface area (Å²) in [4.78, 5) is 0. The monoisotopic (exact) mass is 496 g/mol. The van der Waals surface area contributed by atoms with Gasteiger partial charge < -0.3 is 14.0 Å². The lowest BCUT2D eigenvalue weighted by Crippen LogP contribution is -2.08. The molecular formula is C25H28Cl2FO3P. The molecule has 0 aliphatic carbocycles. The van der Waals surface area contributed by atoms with E-state index >= 15 is 0 Å². The average molecular weight is 497 g/mol. The van der Waals surface area contributed by atoms with Crippen molar-refractivity contribution in [3.05, 3.63) is 87.4 Å². The molecule has 1 atom stereocenters. The zero-order valence-electron chi connectivity index (χ0n) is 19.1. The van der Waals surface area contributed by atoms with E-state index in [4.69, 9.17) is 32.7 Å². The summed E-state index contributed by atoms with van der Waals surface area (Å²) >= 11 is 12.4. The number of benzene rings is 2. The van der Waals surface area contributed by atoms with Crippen LogP contribution < -0.4 is 10.0 Å². The summed E-state index contributed by atoms with van der Waals surface area (Å²) in [6.07, 6.45) is 3.14. The summed E-state index contributed by atoms with van der Waals surface area (Å²) in [7, 11) is -0.939. The van der Waals surface area contributed by atoms with Crippen LogP contribution in [0.1, 0.15) is 38.0 Å². The van der Waals surface area contributed by atoms with Crippen LogP contribution in [-0.4, -0.2) is 20.4 Å². The van der Waals surface area contributed by atoms with E-state index in [0.717, 1.165) is 11.1 Å². The Bertz CT molecular complexity index is 1130. The van der Waals surface area contributed by atoms with Crippen LogP contribution in [0.3, 0.4) is 0 Å². The molecular weight excluding hydrogens is 469 g/mol. The van der Waals surface area contributed by atoms with Gasteiger partial charge in [0.15, 0.2) is 0 Å². The second kappa shape index (κ2) is 10.7. The van der Waals surface area contributed by atoms with Crippen molar-refractivity contribution in [2.45, 2.75) is 26.9 Å². The molecule has 0 fully saturated rings. The maximum absolute atomic E-state index is 14.0. The fraction of sp³-hybridized carbons (Fsp3) is 0.280. The largest absolute Gasteiger partial charge is 0.496 e. The topological polar surface area (TPSA) is 35.5 Å². The van der Waals surface area contributed by atoms with Crippen LogP contribution in [0.5, 0.6) is 5.75 Å². The van der Waals surface area contributed by atoms with Gasteiger partial charge in [0.2, 0.25) is 0 Å². The lowest BCUT2D eigenvalue weighted by Gasteiger charge is -2.21. The molecule has 3 nitrogen and oxygen atoms in total. The van der Waals surface area contributed by atoms with Crippen molar-refractivity contribution in [3.8, 4) is 5.75 Å². The van der Waals surface area contributed by atoms with Crippen LogP contribution in [0, 0.1) is 5.82 Å². The van der Waals surface area contributed by atoms with Crippen molar-refractivity contribution in [3.63, 3.8) is 0 Å². The maximum atomic E-state index is 14.0. The maximum Gasteiger partial charge on any atom is 0.142 e. The molecule has 0 amide bonds. The van der Waals surface area contributed by atoms with Crippen LogP contribution in [0.2, 0.25) is 10.0 Å². The predicted molar refractivity (Wildman–Crippen MR) is 135 cm³/mol. The number of ether oxygens (including phenoxy) is 2. The van der Waals surface area contributed by atoms with Gasteiger partial charge in [0.05, 0.1) is 17.4 Å². The van der Waals surface area contributed by atoms with Gasteiger partial charge in [0, 0.05) is 10.6 Å². The summed E-state index contributed by atoms with van der Waals surface area (Å²) in [5, 5.41) is 0.935. The Balaban J connectivity index is 2.47. The van der Waals surface area contributed by atoms with E-state index in [9.17, 15) is 8.96 Å². The highest BCUT2D eigenvalue weighted by atomic mass is 35.5. The van der Waals surface area contributed by atoms with Crippen LogP contribution in [0.4, 0.5) is 4.39 Å². The number of methoxy groups -OCH3 is 1. The number of hydrogen-bond acceptors (Lipinski definition) is 3. The molecule has 7 heteroatoms. The minimum Gasteiger partial charge on any atom is -0.496 e. The second-order valence-electron chi connectivity index (χ2n) is 7.79. The summed E-state index contributed by atoms with van der Waals surface area (Å²) < 4.78 is 38.1. The first-order valence-corrected chi connectivity index (χ1v) is 13.3. The van der Waals surface area contributed by atoms with Gasteiger partial charge >= 0.3 is 0 Å². The molecule has 0 aliphatic heterocycles. The molecule has 0 radical (unpaired) electrons. The normalized spacial score (nSPS) is 13.7. The second-order valence-corrected chi connectivity index (χ2v) is 11.8. The quantitative estimate of drug-likeness (QED) is 0.160. The molecule has 0 aromatic heterocycles. The zero-order valence-corrected chi connectivity index (χ0v) is 21.5. The van der Waals surface area contributed by atoms with Crippen molar-refractivity contribution in [1.82, 2.24) is 0 Å². The van der Waals surface area contributed by atoms with E-state index in [1.54, 1.807) is 27.4 Å². The van der Waals surface area contributed by atoms with E-state index in [0.29, 0.717) is 33.0 Å². The van der Waals surface area contributed by atoms with Gasteiger partial charge in [0.25, 0.3) is 0 Å². The molecule has 2 rings (SSSR count). The minimum absolute atomic E-state index is 0.0683. The molecule has 172 valence electrons. The Hall–Kier alpha value is -2.00. The third-order valence-electron chi connectivity index (χ3n) is 4.90. The smallest absolute Gasteiger partial charge is 0.142 e.